The maximum Gasteiger partial charge on any atom is 0.267 e. The van der Waals surface area contributed by atoms with Crippen LogP contribution in [0.5, 0.6) is 5.75 Å². The Kier molecular flexibility index (Phi) is 5.94. The van der Waals surface area contributed by atoms with E-state index < -0.39 is 22.0 Å². The molecule has 0 saturated carbocycles. The highest BCUT2D eigenvalue weighted by atomic mass is 32.2. The average molecular weight is 445 g/mol. The van der Waals surface area contributed by atoms with Crippen LogP contribution in [0, 0.1) is 0 Å². The number of anilines is 2. The third kappa shape index (κ3) is 4.41. The zero-order chi connectivity index (χ0) is 22.0. The molecule has 2 aromatic rings. The number of nitrogens with zero attached hydrogens (tertiary/aromatic N) is 2. The highest BCUT2D eigenvalue weighted by Crippen LogP contribution is 2.33. The molecule has 2 amide bonds. The van der Waals surface area contributed by atoms with Gasteiger partial charge in [-0.2, -0.15) is 4.31 Å². The minimum Gasteiger partial charge on any atom is -0.476 e. The topological polar surface area (TPSA) is 105 Å². The third-order valence-corrected chi connectivity index (χ3v) is 7.09. The van der Waals surface area contributed by atoms with Crippen LogP contribution < -0.4 is 15.0 Å². The summed E-state index contributed by atoms with van der Waals surface area (Å²) < 4.78 is 37.8. The Labute approximate surface area is 180 Å². The molecular weight excluding hydrogens is 422 g/mol. The summed E-state index contributed by atoms with van der Waals surface area (Å²) in [6, 6.07) is 13.0. The second-order valence-corrected chi connectivity index (χ2v) is 9.17. The zero-order valence-electron chi connectivity index (χ0n) is 17.0. The highest BCUT2D eigenvalue weighted by Gasteiger charge is 2.32. The molecule has 10 heteroatoms. The quantitative estimate of drug-likeness (QED) is 0.764. The van der Waals surface area contributed by atoms with Gasteiger partial charge in [-0.15, -0.1) is 0 Å². The first-order valence-electron chi connectivity index (χ1n) is 9.89. The molecule has 0 spiro atoms. The number of sulfonamides is 1. The van der Waals surface area contributed by atoms with Gasteiger partial charge in [-0.05, 0) is 36.4 Å². The Morgan fingerprint density at radius 2 is 1.71 bits per heavy atom. The molecule has 1 saturated heterocycles. The fourth-order valence-electron chi connectivity index (χ4n) is 3.54. The SMILES string of the molecule is CC(=O)N1C[C@H](C(=O)Nc2ccc(S(=O)(=O)N3CCOCC3)cc2)Oc2ccccc21. The summed E-state index contributed by atoms with van der Waals surface area (Å²) in [5.74, 6) is -0.160. The summed E-state index contributed by atoms with van der Waals surface area (Å²) in [4.78, 5) is 26.4. The van der Waals surface area contributed by atoms with Gasteiger partial charge in [0.25, 0.3) is 5.91 Å². The molecule has 2 aromatic carbocycles. The molecule has 4 rings (SSSR count). The number of carbonyl (C=O) groups excluding carboxylic acids is 2. The lowest BCUT2D eigenvalue weighted by Crippen LogP contribution is -2.48. The van der Waals surface area contributed by atoms with Gasteiger partial charge < -0.3 is 19.7 Å². The number of fused-ring (bicyclic) bond motifs is 1. The summed E-state index contributed by atoms with van der Waals surface area (Å²) in [6.07, 6.45) is -0.893. The van der Waals surface area contributed by atoms with E-state index in [1.807, 2.05) is 0 Å². The predicted octanol–water partition coefficient (Wildman–Crippen LogP) is 1.46. The van der Waals surface area contributed by atoms with Crippen molar-refractivity contribution in [2.45, 2.75) is 17.9 Å². The zero-order valence-corrected chi connectivity index (χ0v) is 17.8. The molecule has 9 nitrogen and oxygen atoms in total. The molecule has 0 aromatic heterocycles. The van der Waals surface area contributed by atoms with Gasteiger partial charge in [0.15, 0.2) is 6.10 Å². The first kappa shape index (κ1) is 21.3. The molecule has 0 bridgehead atoms. The Hall–Kier alpha value is -2.95. The van der Waals surface area contributed by atoms with E-state index in [0.717, 1.165) is 0 Å². The number of para-hydroxylation sites is 2. The normalized spacial score (nSPS) is 19.3. The number of amides is 2. The number of hydrogen-bond acceptors (Lipinski definition) is 6. The molecule has 2 heterocycles. The minimum atomic E-state index is -3.61. The minimum absolute atomic E-state index is 0.0850. The number of benzene rings is 2. The largest absolute Gasteiger partial charge is 0.476 e. The number of hydrogen-bond donors (Lipinski definition) is 1. The number of nitrogens with one attached hydrogen (secondary N) is 1. The summed E-state index contributed by atoms with van der Waals surface area (Å²) >= 11 is 0. The fourth-order valence-corrected chi connectivity index (χ4v) is 4.95. The maximum absolute atomic E-state index is 12.8. The molecule has 1 fully saturated rings. The Morgan fingerprint density at radius 1 is 1.03 bits per heavy atom. The first-order valence-corrected chi connectivity index (χ1v) is 11.3. The van der Waals surface area contributed by atoms with Crippen molar-refractivity contribution < 1.29 is 27.5 Å². The molecule has 2 aliphatic rings. The van der Waals surface area contributed by atoms with Crippen LogP contribution in [0.25, 0.3) is 0 Å². The van der Waals surface area contributed by atoms with Gasteiger partial charge in [-0.3, -0.25) is 9.59 Å². The van der Waals surface area contributed by atoms with E-state index >= 15 is 0 Å². The molecule has 1 atom stereocenters. The van der Waals surface area contributed by atoms with E-state index in [0.29, 0.717) is 43.4 Å². The Balaban J connectivity index is 1.46. The van der Waals surface area contributed by atoms with Gasteiger partial charge in [0.05, 0.1) is 30.3 Å². The van der Waals surface area contributed by atoms with Crippen molar-refractivity contribution in [3.05, 3.63) is 48.5 Å². The van der Waals surface area contributed by atoms with Gasteiger partial charge in [-0.25, -0.2) is 8.42 Å². The number of morpholine rings is 1. The molecule has 0 radical (unpaired) electrons. The summed E-state index contributed by atoms with van der Waals surface area (Å²) in [6.45, 7) is 2.89. The summed E-state index contributed by atoms with van der Waals surface area (Å²) in [5.41, 5.74) is 1.06. The van der Waals surface area contributed by atoms with Gasteiger partial charge >= 0.3 is 0 Å². The van der Waals surface area contributed by atoms with Crippen LogP contribution in [-0.2, 0) is 24.3 Å². The lowest BCUT2D eigenvalue weighted by molar-refractivity contribution is -0.123. The molecular formula is C21H23N3O6S. The monoisotopic (exact) mass is 445 g/mol. The lowest BCUT2D eigenvalue weighted by atomic mass is 10.1. The smallest absolute Gasteiger partial charge is 0.267 e. The van der Waals surface area contributed by atoms with Gasteiger partial charge in [-0.1, -0.05) is 12.1 Å². The van der Waals surface area contributed by atoms with E-state index in [9.17, 15) is 18.0 Å². The summed E-state index contributed by atoms with van der Waals surface area (Å²) in [5, 5.41) is 2.73. The van der Waals surface area contributed by atoms with E-state index in [4.69, 9.17) is 9.47 Å². The number of carbonyl (C=O) groups is 2. The van der Waals surface area contributed by atoms with Crippen LogP contribution in [0.3, 0.4) is 0 Å². The lowest BCUT2D eigenvalue weighted by Gasteiger charge is -2.33. The highest BCUT2D eigenvalue weighted by molar-refractivity contribution is 7.89. The van der Waals surface area contributed by atoms with Crippen LogP contribution in [0.2, 0.25) is 0 Å². The third-order valence-electron chi connectivity index (χ3n) is 5.18. The van der Waals surface area contributed by atoms with Gasteiger partial charge in [0.1, 0.15) is 5.75 Å². The van der Waals surface area contributed by atoms with Crippen molar-refractivity contribution in [1.82, 2.24) is 4.31 Å². The van der Waals surface area contributed by atoms with Crippen molar-refractivity contribution in [3.8, 4) is 5.75 Å². The van der Waals surface area contributed by atoms with Crippen LogP contribution >= 0.6 is 0 Å². The fraction of sp³-hybridized carbons (Fsp3) is 0.333. The van der Waals surface area contributed by atoms with Crippen molar-refractivity contribution >= 4 is 33.2 Å². The molecule has 164 valence electrons. The van der Waals surface area contributed by atoms with E-state index in [1.54, 1.807) is 24.3 Å². The maximum atomic E-state index is 12.8. The second kappa shape index (κ2) is 8.66. The van der Waals surface area contributed by atoms with Crippen LogP contribution in [0.4, 0.5) is 11.4 Å². The van der Waals surface area contributed by atoms with Crippen LogP contribution in [0.1, 0.15) is 6.92 Å². The predicted molar refractivity (Wildman–Crippen MR) is 114 cm³/mol. The number of rotatable bonds is 4. The molecule has 1 N–H and O–H groups in total. The first-order chi connectivity index (χ1) is 14.9. The Bertz CT molecular complexity index is 1080. The van der Waals surface area contributed by atoms with Crippen molar-refractivity contribution in [3.63, 3.8) is 0 Å². The molecule has 31 heavy (non-hydrogen) atoms. The van der Waals surface area contributed by atoms with Crippen LogP contribution in [0.15, 0.2) is 53.4 Å². The van der Waals surface area contributed by atoms with Crippen molar-refractivity contribution in [2.75, 3.05) is 43.1 Å². The van der Waals surface area contributed by atoms with Crippen LogP contribution in [-0.4, -0.2) is 63.5 Å². The molecule has 0 aliphatic carbocycles. The van der Waals surface area contributed by atoms with Crippen molar-refractivity contribution in [2.24, 2.45) is 0 Å². The standard InChI is InChI=1S/C21H23N3O6S/c1-15(25)24-14-20(30-19-5-3-2-4-18(19)24)21(26)22-16-6-8-17(9-7-16)31(27,28)23-10-12-29-13-11-23/h2-9,20H,10-14H2,1H3,(H,22,26)/t20-/m1/s1. The van der Waals surface area contributed by atoms with Crippen molar-refractivity contribution in [1.29, 1.82) is 0 Å². The van der Waals surface area contributed by atoms with E-state index in [-0.39, 0.29) is 17.3 Å². The molecule has 2 aliphatic heterocycles. The number of ether oxygens (including phenoxy) is 2. The summed E-state index contributed by atoms with van der Waals surface area (Å²) in [7, 11) is -3.61. The van der Waals surface area contributed by atoms with E-state index in [2.05, 4.69) is 5.32 Å². The van der Waals surface area contributed by atoms with E-state index in [1.165, 1.54) is 40.4 Å². The molecule has 0 unspecified atom stereocenters. The average Bonchev–Trinajstić information content (AvgIpc) is 2.79. The van der Waals surface area contributed by atoms with Gasteiger partial charge in [0, 0.05) is 25.7 Å². The second-order valence-electron chi connectivity index (χ2n) is 7.23. The van der Waals surface area contributed by atoms with Gasteiger partial charge in [0.2, 0.25) is 15.9 Å². The Morgan fingerprint density at radius 3 is 2.39 bits per heavy atom.